The number of hydrogen-bond acceptors (Lipinski definition) is 2. The molecule has 1 N–H and O–H groups in total. The van der Waals surface area contributed by atoms with Crippen molar-refractivity contribution in [1.82, 2.24) is 0 Å². The maximum atomic E-state index is 12.9. The normalized spacial score (nSPS) is 11.6. The summed E-state index contributed by atoms with van der Waals surface area (Å²) >= 11 is 3.02. The summed E-state index contributed by atoms with van der Waals surface area (Å²) in [5.74, 6) is -1.45. The summed E-state index contributed by atoms with van der Waals surface area (Å²) < 4.78 is 13.2. The van der Waals surface area contributed by atoms with Gasteiger partial charge in [-0.1, -0.05) is 6.92 Å². The van der Waals surface area contributed by atoms with Gasteiger partial charge in [-0.05, 0) is 40.5 Å². The van der Waals surface area contributed by atoms with Gasteiger partial charge in [0, 0.05) is 5.69 Å². The smallest absolute Gasteiger partial charge is 0.241 e. The Kier molecular flexibility index (Phi) is 4.44. The lowest BCUT2D eigenvalue weighted by atomic mass is 10.1. The largest absolute Gasteiger partial charge is 0.325 e. The molecular formula is C11H10BrFN2O. The first kappa shape index (κ1) is 12.7. The maximum Gasteiger partial charge on any atom is 0.241 e. The van der Waals surface area contributed by atoms with Crippen LogP contribution in [0.1, 0.15) is 13.3 Å². The molecule has 1 unspecified atom stereocenters. The SMILES string of the molecule is CCC(C#N)C(=O)Nc1ccc(F)c(Br)c1. The Balaban J connectivity index is 2.78. The van der Waals surface area contributed by atoms with Crippen LogP contribution in [0.5, 0.6) is 0 Å². The molecule has 0 spiro atoms. The summed E-state index contributed by atoms with van der Waals surface area (Å²) in [4.78, 5) is 11.5. The second kappa shape index (κ2) is 5.61. The second-order valence-corrected chi connectivity index (χ2v) is 4.06. The van der Waals surface area contributed by atoms with Crippen LogP contribution in [0.15, 0.2) is 22.7 Å². The van der Waals surface area contributed by atoms with Crippen molar-refractivity contribution in [3.05, 3.63) is 28.5 Å². The highest BCUT2D eigenvalue weighted by molar-refractivity contribution is 9.10. The zero-order valence-corrected chi connectivity index (χ0v) is 10.2. The molecule has 0 bridgehead atoms. The van der Waals surface area contributed by atoms with E-state index in [-0.39, 0.29) is 10.4 Å². The molecule has 0 aromatic heterocycles. The second-order valence-electron chi connectivity index (χ2n) is 3.21. The van der Waals surface area contributed by atoms with Gasteiger partial charge in [-0.25, -0.2) is 4.39 Å². The number of nitrogens with one attached hydrogen (secondary N) is 1. The molecule has 84 valence electrons. The van der Waals surface area contributed by atoms with Crippen LogP contribution >= 0.6 is 15.9 Å². The molecule has 1 amide bonds. The number of carbonyl (C=O) groups excluding carboxylic acids is 1. The van der Waals surface area contributed by atoms with Crippen molar-refractivity contribution in [3.63, 3.8) is 0 Å². The summed E-state index contributed by atoms with van der Waals surface area (Å²) in [6.07, 6.45) is 0.449. The monoisotopic (exact) mass is 284 g/mol. The molecule has 0 saturated carbocycles. The van der Waals surface area contributed by atoms with E-state index in [1.807, 2.05) is 6.07 Å². The molecule has 0 aliphatic rings. The summed E-state index contributed by atoms with van der Waals surface area (Å²) in [6, 6.07) is 6.05. The molecule has 1 rings (SSSR count). The Morgan fingerprint density at radius 1 is 1.69 bits per heavy atom. The minimum Gasteiger partial charge on any atom is -0.325 e. The van der Waals surface area contributed by atoms with Gasteiger partial charge in [-0.3, -0.25) is 4.79 Å². The highest BCUT2D eigenvalue weighted by atomic mass is 79.9. The van der Waals surface area contributed by atoms with Gasteiger partial charge in [0.15, 0.2) is 0 Å². The molecule has 0 fully saturated rings. The van der Waals surface area contributed by atoms with Crippen LogP contribution in [0.3, 0.4) is 0 Å². The minimum absolute atomic E-state index is 0.273. The number of hydrogen-bond donors (Lipinski definition) is 1. The predicted molar refractivity (Wildman–Crippen MR) is 62.1 cm³/mol. The van der Waals surface area contributed by atoms with Crippen LogP contribution in [-0.2, 0) is 4.79 Å². The van der Waals surface area contributed by atoms with Crippen molar-refractivity contribution < 1.29 is 9.18 Å². The molecule has 1 aromatic rings. The van der Waals surface area contributed by atoms with Gasteiger partial charge in [0.25, 0.3) is 0 Å². The van der Waals surface area contributed by atoms with E-state index in [0.717, 1.165) is 0 Å². The molecule has 0 aliphatic carbocycles. The Bertz CT molecular complexity index is 442. The van der Waals surface area contributed by atoms with Crippen molar-refractivity contribution in [3.8, 4) is 6.07 Å². The van der Waals surface area contributed by atoms with Gasteiger partial charge in [0.1, 0.15) is 11.7 Å². The molecule has 0 aliphatic heterocycles. The van der Waals surface area contributed by atoms with Gasteiger partial charge in [0.05, 0.1) is 10.5 Å². The van der Waals surface area contributed by atoms with Gasteiger partial charge >= 0.3 is 0 Å². The number of halogens is 2. The fourth-order valence-electron chi connectivity index (χ4n) is 1.14. The first-order valence-electron chi connectivity index (χ1n) is 4.74. The molecular weight excluding hydrogens is 275 g/mol. The molecule has 0 heterocycles. The van der Waals surface area contributed by atoms with Gasteiger partial charge < -0.3 is 5.32 Å². The zero-order valence-electron chi connectivity index (χ0n) is 8.63. The lowest BCUT2D eigenvalue weighted by molar-refractivity contribution is -0.118. The summed E-state index contributed by atoms with van der Waals surface area (Å²) in [7, 11) is 0. The van der Waals surface area contributed by atoms with Crippen LogP contribution in [-0.4, -0.2) is 5.91 Å². The van der Waals surface area contributed by atoms with Crippen molar-refractivity contribution in [2.75, 3.05) is 5.32 Å². The molecule has 0 saturated heterocycles. The first-order chi connectivity index (χ1) is 7.58. The Morgan fingerprint density at radius 3 is 2.88 bits per heavy atom. The van der Waals surface area contributed by atoms with Gasteiger partial charge in [-0.2, -0.15) is 5.26 Å². The Hall–Kier alpha value is -1.41. The molecule has 16 heavy (non-hydrogen) atoms. The third-order valence-electron chi connectivity index (χ3n) is 2.07. The number of carbonyl (C=O) groups is 1. The molecule has 3 nitrogen and oxygen atoms in total. The van der Waals surface area contributed by atoms with Crippen LogP contribution in [0, 0.1) is 23.1 Å². The quantitative estimate of drug-likeness (QED) is 0.927. The summed E-state index contributed by atoms with van der Waals surface area (Å²) in [5.41, 5.74) is 0.465. The summed E-state index contributed by atoms with van der Waals surface area (Å²) in [5, 5.41) is 11.2. The van der Waals surface area contributed by atoms with E-state index >= 15 is 0 Å². The predicted octanol–water partition coefficient (Wildman–Crippen LogP) is 3.08. The van der Waals surface area contributed by atoms with E-state index in [1.54, 1.807) is 6.92 Å². The standard InChI is InChI=1S/C11H10BrFN2O/c1-2-7(6-14)11(16)15-8-3-4-10(13)9(12)5-8/h3-5,7H,2H2,1H3,(H,15,16). The highest BCUT2D eigenvalue weighted by Gasteiger charge is 2.15. The third-order valence-corrected chi connectivity index (χ3v) is 2.68. The fourth-order valence-corrected chi connectivity index (χ4v) is 1.52. The van der Waals surface area contributed by atoms with Crippen molar-refractivity contribution >= 4 is 27.5 Å². The average Bonchev–Trinajstić information content (AvgIpc) is 2.25. The number of nitrogens with zero attached hydrogens (tertiary/aromatic N) is 1. The topological polar surface area (TPSA) is 52.9 Å². The minimum atomic E-state index is -0.677. The third kappa shape index (κ3) is 3.04. The fraction of sp³-hybridized carbons (Fsp3) is 0.273. The average molecular weight is 285 g/mol. The van der Waals surface area contributed by atoms with E-state index in [2.05, 4.69) is 21.2 Å². The first-order valence-corrected chi connectivity index (χ1v) is 5.53. The van der Waals surface area contributed by atoms with E-state index < -0.39 is 11.7 Å². The van der Waals surface area contributed by atoms with Crippen LogP contribution < -0.4 is 5.32 Å². The number of amides is 1. The van der Waals surface area contributed by atoms with E-state index in [9.17, 15) is 9.18 Å². The van der Waals surface area contributed by atoms with E-state index in [0.29, 0.717) is 12.1 Å². The molecule has 5 heteroatoms. The van der Waals surface area contributed by atoms with Gasteiger partial charge in [-0.15, -0.1) is 0 Å². The van der Waals surface area contributed by atoms with Crippen molar-refractivity contribution in [1.29, 1.82) is 5.26 Å². The van der Waals surface area contributed by atoms with Crippen molar-refractivity contribution in [2.45, 2.75) is 13.3 Å². The summed E-state index contributed by atoms with van der Waals surface area (Å²) in [6.45, 7) is 1.76. The lowest BCUT2D eigenvalue weighted by Gasteiger charge is -2.08. The lowest BCUT2D eigenvalue weighted by Crippen LogP contribution is -2.20. The van der Waals surface area contributed by atoms with Crippen LogP contribution in [0.25, 0.3) is 0 Å². The maximum absolute atomic E-state index is 12.9. The molecule has 0 radical (unpaired) electrons. The van der Waals surface area contributed by atoms with E-state index in [1.165, 1.54) is 18.2 Å². The van der Waals surface area contributed by atoms with Gasteiger partial charge in [0.2, 0.25) is 5.91 Å². The Morgan fingerprint density at radius 2 is 2.38 bits per heavy atom. The number of benzene rings is 1. The number of nitriles is 1. The zero-order chi connectivity index (χ0) is 12.1. The molecule has 1 aromatic carbocycles. The van der Waals surface area contributed by atoms with Crippen LogP contribution in [0.2, 0.25) is 0 Å². The van der Waals surface area contributed by atoms with Crippen LogP contribution in [0.4, 0.5) is 10.1 Å². The van der Waals surface area contributed by atoms with Crippen molar-refractivity contribution in [2.24, 2.45) is 5.92 Å². The molecule has 1 atom stereocenters. The Labute approximate surface area is 101 Å². The highest BCUT2D eigenvalue weighted by Crippen LogP contribution is 2.20. The number of rotatable bonds is 3. The number of anilines is 1. The van der Waals surface area contributed by atoms with E-state index in [4.69, 9.17) is 5.26 Å².